The first-order valence-electron chi connectivity index (χ1n) is 6.58. The molecule has 0 unspecified atom stereocenters. The SMILES string of the molecule is Cc1cc(NC(=O)CCCCCNC(N)=O)ccc1Br. The van der Waals surface area contributed by atoms with Gasteiger partial charge in [0.15, 0.2) is 0 Å². The van der Waals surface area contributed by atoms with E-state index < -0.39 is 6.03 Å². The van der Waals surface area contributed by atoms with E-state index in [1.165, 1.54) is 0 Å². The Morgan fingerprint density at radius 1 is 1.25 bits per heavy atom. The summed E-state index contributed by atoms with van der Waals surface area (Å²) in [5.41, 5.74) is 6.84. The highest BCUT2D eigenvalue weighted by atomic mass is 79.9. The predicted molar refractivity (Wildman–Crippen MR) is 83.6 cm³/mol. The molecule has 0 heterocycles. The fourth-order valence-electron chi connectivity index (χ4n) is 1.74. The average molecular weight is 342 g/mol. The van der Waals surface area contributed by atoms with Gasteiger partial charge in [-0.2, -0.15) is 0 Å². The summed E-state index contributed by atoms with van der Waals surface area (Å²) < 4.78 is 1.03. The molecule has 0 aliphatic heterocycles. The van der Waals surface area contributed by atoms with E-state index in [-0.39, 0.29) is 5.91 Å². The van der Waals surface area contributed by atoms with E-state index in [2.05, 4.69) is 26.6 Å². The summed E-state index contributed by atoms with van der Waals surface area (Å²) >= 11 is 3.42. The Balaban J connectivity index is 2.20. The van der Waals surface area contributed by atoms with Crippen molar-refractivity contribution >= 4 is 33.6 Å². The van der Waals surface area contributed by atoms with E-state index in [4.69, 9.17) is 5.73 Å². The number of hydrogen-bond acceptors (Lipinski definition) is 2. The Kier molecular flexibility index (Phi) is 7.08. The van der Waals surface area contributed by atoms with Gasteiger partial charge in [-0.1, -0.05) is 22.4 Å². The molecule has 0 aliphatic carbocycles. The van der Waals surface area contributed by atoms with Crippen LogP contribution < -0.4 is 16.4 Å². The first-order valence-corrected chi connectivity index (χ1v) is 7.37. The van der Waals surface area contributed by atoms with E-state index in [9.17, 15) is 9.59 Å². The smallest absolute Gasteiger partial charge is 0.312 e. The molecule has 0 aromatic heterocycles. The van der Waals surface area contributed by atoms with Crippen LogP contribution in [0.25, 0.3) is 0 Å². The minimum Gasteiger partial charge on any atom is -0.352 e. The van der Waals surface area contributed by atoms with Crippen molar-refractivity contribution in [2.45, 2.75) is 32.6 Å². The fraction of sp³-hybridized carbons (Fsp3) is 0.429. The van der Waals surface area contributed by atoms with Gasteiger partial charge in [0.2, 0.25) is 5.91 Å². The van der Waals surface area contributed by atoms with Crippen LogP contribution in [-0.4, -0.2) is 18.5 Å². The Morgan fingerprint density at radius 2 is 2.00 bits per heavy atom. The highest BCUT2D eigenvalue weighted by Crippen LogP contribution is 2.20. The van der Waals surface area contributed by atoms with Crippen molar-refractivity contribution < 1.29 is 9.59 Å². The van der Waals surface area contributed by atoms with Crippen molar-refractivity contribution in [3.05, 3.63) is 28.2 Å². The Bertz CT molecular complexity index is 477. The van der Waals surface area contributed by atoms with Gasteiger partial charge in [0.1, 0.15) is 0 Å². The zero-order valence-electron chi connectivity index (χ0n) is 11.5. The molecule has 20 heavy (non-hydrogen) atoms. The van der Waals surface area contributed by atoms with E-state index in [1.54, 1.807) is 0 Å². The van der Waals surface area contributed by atoms with Crippen LogP contribution in [0.2, 0.25) is 0 Å². The molecule has 0 aliphatic rings. The van der Waals surface area contributed by atoms with Gasteiger partial charge in [0, 0.05) is 23.1 Å². The van der Waals surface area contributed by atoms with Gasteiger partial charge in [-0.25, -0.2) is 4.79 Å². The number of hydrogen-bond donors (Lipinski definition) is 3. The number of amides is 3. The number of halogens is 1. The molecule has 1 aromatic rings. The van der Waals surface area contributed by atoms with Crippen LogP contribution in [0.15, 0.2) is 22.7 Å². The van der Waals surface area contributed by atoms with Crippen LogP contribution >= 0.6 is 15.9 Å². The number of carbonyl (C=O) groups excluding carboxylic acids is 2. The number of aryl methyl sites for hydroxylation is 1. The molecule has 110 valence electrons. The Morgan fingerprint density at radius 3 is 2.65 bits per heavy atom. The normalized spacial score (nSPS) is 10.1. The highest BCUT2D eigenvalue weighted by molar-refractivity contribution is 9.10. The van der Waals surface area contributed by atoms with Crippen molar-refractivity contribution in [1.82, 2.24) is 5.32 Å². The number of anilines is 1. The monoisotopic (exact) mass is 341 g/mol. The maximum absolute atomic E-state index is 11.7. The second-order valence-corrected chi connectivity index (χ2v) is 5.47. The lowest BCUT2D eigenvalue weighted by molar-refractivity contribution is -0.116. The average Bonchev–Trinajstić information content (AvgIpc) is 2.38. The summed E-state index contributed by atoms with van der Waals surface area (Å²) in [7, 11) is 0. The molecular formula is C14H20BrN3O2. The second kappa shape index (κ2) is 8.58. The molecule has 0 bridgehead atoms. The van der Waals surface area contributed by atoms with Gasteiger partial charge < -0.3 is 16.4 Å². The number of nitrogens with one attached hydrogen (secondary N) is 2. The van der Waals surface area contributed by atoms with E-state index in [0.29, 0.717) is 13.0 Å². The number of primary amides is 1. The van der Waals surface area contributed by atoms with E-state index in [1.807, 2.05) is 25.1 Å². The molecule has 3 amide bonds. The van der Waals surface area contributed by atoms with Crippen LogP contribution in [0, 0.1) is 6.92 Å². The van der Waals surface area contributed by atoms with E-state index in [0.717, 1.165) is 35.0 Å². The lowest BCUT2D eigenvalue weighted by Gasteiger charge is -2.07. The Hall–Kier alpha value is -1.56. The number of urea groups is 1. The number of unbranched alkanes of at least 4 members (excludes halogenated alkanes) is 2. The number of carbonyl (C=O) groups is 2. The Labute approximate surface area is 127 Å². The molecule has 0 saturated heterocycles. The molecule has 5 nitrogen and oxygen atoms in total. The van der Waals surface area contributed by atoms with Crippen LogP contribution in [0.1, 0.15) is 31.2 Å². The first-order chi connectivity index (χ1) is 9.49. The van der Waals surface area contributed by atoms with Crippen LogP contribution in [0.4, 0.5) is 10.5 Å². The van der Waals surface area contributed by atoms with Crippen molar-refractivity contribution in [3.63, 3.8) is 0 Å². The fourth-order valence-corrected chi connectivity index (χ4v) is 1.99. The zero-order valence-corrected chi connectivity index (χ0v) is 13.1. The highest BCUT2D eigenvalue weighted by Gasteiger charge is 2.03. The molecule has 0 spiro atoms. The molecule has 0 saturated carbocycles. The third-order valence-electron chi connectivity index (χ3n) is 2.82. The van der Waals surface area contributed by atoms with Gasteiger partial charge in [0.25, 0.3) is 0 Å². The molecule has 6 heteroatoms. The largest absolute Gasteiger partial charge is 0.352 e. The molecule has 0 radical (unpaired) electrons. The van der Waals surface area contributed by atoms with Crippen LogP contribution in [0.5, 0.6) is 0 Å². The van der Waals surface area contributed by atoms with Crippen molar-refractivity contribution in [2.75, 3.05) is 11.9 Å². The lowest BCUT2D eigenvalue weighted by Crippen LogP contribution is -2.29. The van der Waals surface area contributed by atoms with Crippen LogP contribution in [0.3, 0.4) is 0 Å². The summed E-state index contributed by atoms with van der Waals surface area (Å²) in [5, 5.41) is 5.39. The maximum Gasteiger partial charge on any atom is 0.312 e. The predicted octanol–water partition coefficient (Wildman–Crippen LogP) is 2.92. The molecular weight excluding hydrogens is 322 g/mol. The number of rotatable bonds is 7. The molecule has 1 rings (SSSR count). The lowest BCUT2D eigenvalue weighted by atomic mass is 10.1. The van der Waals surface area contributed by atoms with Crippen molar-refractivity contribution in [3.8, 4) is 0 Å². The van der Waals surface area contributed by atoms with Gasteiger partial charge in [-0.15, -0.1) is 0 Å². The third-order valence-corrected chi connectivity index (χ3v) is 3.71. The zero-order chi connectivity index (χ0) is 15.0. The van der Waals surface area contributed by atoms with Crippen LogP contribution in [-0.2, 0) is 4.79 Å². The summed E-state index contributed by atoms with van der Waals surface area (Å²) in [6, 6.07) is 5.21. The van der Waals surface area contributed by atoms with Crippen molar-refractivity contribution in [1.29, 1.82) is 0 Å². The van der Waals surface area contributed by atoms with Gasteiger partial charge in [0.05, 0.1) is 0 Å². The molecule has 4 N–H and O–H groups in total. The maximum atomic E-state index is 11.7. The minimum absolute atomic E-state index is 0.00887. The second-order valence-electron chi connectivity index (χ2n) is 4.61. The van der Waals surface area contributed by atoms with Gasteiger partial charge in [-0.05, 0) is 43.5 Å². The minimum atomic E-state index is -0.506. The third kappa shape index (κ3) is 6.56. The molecule has 0 atom stereocenters. The summed E-state index contributed by atoms with van der Waals surface area (Å²) in [6.45, 7) is 2.54. The first kappa shape index (κ1) is 16.5. The number of benzene rings is 1. The molecule has 1 aromatic carbocycles. The summed E-state index contributed by atoms with van der Waals surface area (Å²) in [4.78, 5) is 22.2. The topological polar surface area (TPSA) is 84.2 Å². The van der Waals surface area contributed by atoms with E-state index >= 15 is 0 Å². The van der Waals surface area contributed by atoms with Crippen molar-refractivity contribution in [2.24, 2.45) is 5.73 Å². The quantitative estimate of drug-likeness (QED) is 0.666. The van der Waals surface area contributed by atoms with Gasteiger partial charge >= 0.3 is 6.03 Å². The summed E-state index contributed by atoms with van der Waals surface area (Å²) in [6.07, 6.45) is 2.98. The summed E-state index contributed by atoms with van der Waals surface area (Å²) in [5.74, 6) is 0.00887. The number of nitrogens with two attached hydrogens (primary N) is 1. The molecule has 0 fully saturated rings. The standard InChI is InChI=1S/C14H20BrN3O2/c1-10-9-11(6-7-12(10)15)18-13(19)5-3-2-4-8-17-14(16)20/h6-7,9H,2-5,8H2,1H3,(H,18,19)(H3,16,17,20). The van der Waals surface area contributed by atoms with Gasteiger partial charge in [-0.3, -0.25) is 4.79 Å².